The van der Waals surface area contributed by atoms with Crippen LogP contribution in [-0.4, -0.2) is 38.0 Å². The molecule has 0 heterocycles. The van der Waals surface area contributed by atoms with E-state index in [0.717, 1.165) is 12.8 Å². The molecule has 0 bridgehead atoms. The molecule has 0 saturated heterocycles. The van der Waals surface area contributed by atoms with Crippen LogP contribution in [0.1, 0.15) is 57.7 Å². The van der Waals surface area contributed by atoms with Crippen LogP contribution in [0.25, 0.3) is 0 Å². The predicted octanol–water partition coefficient (Wildman–Crippen LogP) is 3.97. The van der Waals surface area contributed by atoms with Crippen molar-refractivity contribution in [1.82, 2.24) is 10.6 Å². The number of benzene rings is 1. The second kappa shape index (κ2) is 10.4. The summed E-state index contributed by atoms with van der Waals surface area (Å²) in [6, 6.07) is 8.89. The quantitative estimate of drug-likeness (QED) is 0.662. The largest absolute Gasteiger partial charge is 0.444 e. The Morgan fingerprint density at radius 2 is 1.92 bits per heavy atom. The minimum atomic E-state index is -0.465. The Morgan fingerprint density at radius 1 is 1.24 bits per heavy atom. The summed E-state index contributed by atoms with van der Waals surface area (Å²) in [5, 5.41) is 6.43. The Kier molecular flexibility index (Phi) is 8.93. The van der Waals surface area contributed by atoms with Crippen LogP contribution in [0.15, 0.2) is 24.3 Å². The zero-order chi connectivity index (χ0) is 18.9. The Bertz CT molecular complexity index is 526. The van der Waals surface area contributed by atoms with Gasteiger partial charge in [-0.2, -0.15) is 0 Å². The van der Waals surface area contributed by atoms with Gasteiger partial charge in [0.05, 0.1) is 6.61 Å². The molecule has 2 atom stereocenters. The van der Waals surface area contributed by atoms with Crippen molar-refractivity contribution in [2.45, 2.75) is 65.1 Å². The van der Waals surface area contributed by atoms with E-state index in [4.69, 9.17) is 9.47 Å². The molecule has 1 rings (SSSR count). The Balaban J connectivity index is 2.42. The molecule has 0 saturated carbocycles. The maximum atomic E-state index is 11.7. The van der Waals surface area contributed by atoms with Gasteiger partial charge in [-0.3, -0.25) is 0 Å². The molecule has 142 valence electrons. The van der Waals surface area contributed by atoms with Crippen LogP contribution in [0.5, 0.6) is 0 Å². The standard InChI is InChI=1S/C20H34N2O3/c1-15-10-7-8-12-18(15)16(2)22-17(14-24-6)11-9-13-21-19(23)25-20(3,4)5/h7-8,10,12,16-17,22H,9,11,13-14H2,1-6H3,(H,21,23)/t16-,17?/m1/s1. The zero-order valence-corrected chi connectivity index (χ0v) is 16.5. The lowest BCUT2D eigenvalue weighted by Gasteiger charge is -2.24. The Morgan fingerprint density at radius 3 is 2.52 bits per heavy atom. The average molecular weight is 351 g/mol. The highest BCUT2D eigenvalue weighted by Gasteiger charge is 2.17. The lowest BCUT2D eigenvalue weighted by Crippen LogP contribution is -2.37. The first-order valence-electron chi connectivity index (χ1n) is 9.00. The summed E-state index contributed by atoms with van der Waals surface area (Å²) < 4.78 is 10.6. The smallest absolute Gasteiger partial charge is 0.407 e. The second-order valence-corrected chi connectivity index (χ2v) is 7.47. The molecule has 0 radical (unpaired) electrons. The highest BCUT2D eigenvalue weighted by atomic mass is 16.6. The fourth-order valence-electron chi connectivity index (χ4n) is 2.79. The van der Waals surface area contributed by atoms with Gasteiger partial charge in [0.25, 0.3) is 0 Å². The van der Waals surface area contributed by atoms with Gasteiger partial charge in [-0.25, -0.2) is 4.79 Å². The minimum absolute atomic E-state index is 0.236. The number of aryl methyl sites for hydroxylation is 1. The number of amides is 1. The molecule has 0 aliphatic rings. The molecule has 1 unspecified atom stereocenters. The van der Waals surface area contributed by atoms with Crippen molar-refractivity contribution in [2.24, 2.45) is 0 Å². The van der Waals surface area contributed by atoms with Gasteiger partial charge in [-0.15, -0.1) is 0 Å². The van der Waals surface area contributed by atoms with Gasteiger partial charge in [0, 0.05) is 25.7 Å². The number of carbonyl (C=O) groups excluding carboxylic acids is 1. The number of nitrogens with one attached hydrogen (secondary N) is 2. The van der Waals surface area contributed by atoms with Crippen LogP contribution in [0.4, 0.5) is 4.79 Å². The van der Waals surface area contributed by atoms with Gasteiger partial charge in [-0.1, -0.05) is 24.3 Å². The fourth-order valence-corrected chi connectivity index (χ4v) is 2.79. The van der Waals surface area contributed by atoms with Crippen molar-refractivity contribution in [2.75, 3.05) is 20.3 Å². The highest BCUT2D eigenvalue weighted by molar-refractivity contribution is 5.67. The lowest BCUT2D eigenvalue weighted by atomic mass is 10.0. The summed E-state index contributed by atoms with van der Waals surface area (Å²) >= 11 is 0. The number of carbonyl (C=O) groups is 1. The van der Waals surface area contributed by atoms with Gasteiger partial charge in [0.15, 0.2) is 0 Å². The first-order valence-corrected chi connectivity index (χ1v) is 9.00. The van der Waals surface area contributed by atoms with Crippen LogP contribution in [0.3, 0.4) is 0 Å². The maximum absolute atomic E-state index is 11.7. The Hall–Kier alpha value is -1.59. The molecule has 0 spiro atoms. The summed E-state index contributed by atoms with van der Waals surface area (Å²) in [6.45, 7) is 11.1. The molecule has 5 nitrogen and oxygen atoms in total. The zero-order valence-electron chi connectivity index (χ0n) is 16.5. The summed E-state index contributed by atoms with van der Waals surface area (Å²) in [4.78, 5) is 11.7. The fraction of sp³-hybridized carbons (Fsp3) is 0.650. The molecule has 1 amide bonds. The SMILES string of the molecule is COCC(CCCNC(=O)OC(C)(C)C)N[C@H](C)c1ccccc1C. The van der Waals surface area contributed by atoms with E-state index in [9.17, 15) is 4.79 Å². The van der Waals surface area contributed by atoms with Crippen molar-refractivity contribution in [1.29, 1.82) is 0 Å². The molecule has 2 N–H and O–H groups in total. The topological polar surface area (TPSA) is 59.6 Å². The van der Waals surface area contributed by atoms with E-state index in [1.807, 2.05) is 20.8 Å². The van der Waals surface area contributed by atoms with E-state index >= 15 is 0 Å². The predicted molar refractivity (Wildman–Crippen MR) is 102 cm³/mol. The normalized spacial score (nSPS) is 14.0. The number of hydrogen-bond donors (Lipinski definition) is 2. The summed E-state index contributed by atoms with van der Waals surface area (Å²) in [6.07, 6.45) is 1.41. The van der Waals surface area contributed by atoms with Gasteiger partial charge in [0.1, 0.15) is 5.60 Å². The number of hydrogen-bond acceptors (Lipinski definition) is 4. The van der Waals surface area contributed by atoms with Crippen LogP contribution in [0, 0.1) is 6.92 Å². The van der Waals surface area contributed by atoms with E-state index in [0.29, 0.717) is 13.2 Å². The third-order valence-electron chi connectivity index (χ3n) is 3.91. The van der Waals surface area contributed by atoms with Crippen LogP contribution in [-0.2, 0) is 9.47 Å². The summed E-state index contributed by atoms with van der Waals surface area (Å²) in [5.74, 6) is 0. The van der Waals surface area contributed by atoms with Crippen molar-refractivity contribution >= 4 is 6.09 Å². The van der Waals surface area contributed by atoms with Crippen molar-refractivity contribution in [3.05, 3.63) is 35.4 Å². The molecule has 25 heavy (non-hydrogen) atoms. The third kappa shape index (κ3) is 8.89. The monoisotopic (exact) mass is 350 g/mol. The van der Waals surface area contributed by atoms with Gasteiger partial charge >= 0.3 is 6.09 Å². The molecular formula is C20H34N2O3. The number of rotatable bonds is 9. The van der Waals surface area contributed by atoms with Crippen molar-refractivity contribution in [3.8, 4) is 0 Å². The van der Waals surface area contributed by atoms with E-state index in [2.05, 4.69) is 48.7 Å². The van der Waals surface area contributed by atoms with Crippen molar-refractivity contribution < 1.29 is 14.3 Å². The molecule has 0 aliphatic heterocycles. The number of alkyl carbamates (subject to hydrolysis) is 1. The molecule has 5 heteroatoms. The summed E-state index contributed by atoms with van der Waals surface area (Å²) in [7, 11) is 1.71. The molecule has 1 aromatic rings. The van der Waals surface area contributed by atoms with Crippen LogP contribution >= 0.6 is 0 Å². The number of methoxy groups -OCH3 is 1. The minimum Gasteiger partial charge on any atom is -0.444 e. The third-order valence-corrected chi connectivity index (χ3v) is 3.91. The van der Waals surface area contributed by atoms with Gasteiger partial charge < -0.3 is 20.1 Å². The molecular weight excluding hydrogens is 316 g/mol. The van der Waals surface area contributed by atoms with Gasteiger partial charge in [-0.05, 0) is 58.6 Å². The van der Waals surface area contributed by atoms with Crippen molar-refractivity contribution in [3.63, 3.8) is 0 Å². The molecule has 0 aromatic heterocycles. The maximum Gasteiger partial charge on any atom is 0.407 e. The van der Waals surface area contributed by atoms with E-state index < -0.39 is 5.60 Å². The molecule has 0 fully saturated rings. The number of ether oxygens (including phenoxy) is 2. The van der Waals surface area contributed by atoms with Gasteiger partial charge in [0.2, 0.25) is 0 Å². The van der Waals surface area contributed by atoms with Crippen LogP contribution < -0.4 is 10.6 Å². The molecule has 1 aromatic carbocycles. The Labute approximate surface area is 152 Å². The van der Waals surface area contributed by atoms with E-state index in [1.165, 1.54) is 11.1 Å². The average Bonchev–Trinajstić information content (AvgIpc) is 2.50. The lowest BCUT2D eigenvalue weighted by molar-refractivity contribution is 0.0526. The first kappa shape index (κ1) is 21.5. The molecule has 0 aliphatic carbocycles. The van der Waals surface area contributed by atoms with E-state index in [1.54, 1.807) is 7.11 Å². The second-order valence-electron chi connectivity index (χ2n) is 7.47. The first-order chi connectivity index (χ1) is 11.7. The highest BCUT2D eigenvalue weighted by Crippen LogP contribution is 2.18. The van der Waals surface area contributed by atoms with Crippen LogP contribution in [0.2, 0.25) is 0 Å². The summed E-state index contributed by atoms with van der Waals surface area (Å²) in [5.41, 5.74) is 2.12. The van der Waals surface area contributed by atoms with E-state index in [-0.39, 0.29) is 18.2 Å².